The summed E-state index contributed by atoms with van der Waals surface area (Å²) in [5, 5.41) is 0. The van der Waals surface area contributed by atoms with Gasteiger partial charge in [0, 0.05) is 57.4 Å². The van der Waals surface area contributed by atoms with Crippen molar-refractivity contribution in [3.05, 3.63) is 65.7 Å². The van der Waals surface area contributed by atoms with Crippen LogP contribution in [0.25, 0.3) is 0 Å². The first-order valence-corrected chi connectivity index (χ1v) is 10.9. The fourth-order valence-corrected chi connectivity index (χ4v) is 4.02. The average Bonchev–Trinajstić information content (AvgIpc) is 2.80. The Kier molecular flexibility index (Phi) is 8.43. The minimum absolute atomic E-state index is 0.0227. The molecule has 1 aliphatic heterocycles. The van der Waals surface area contributed by atoms with E-state index in [4.69, 9.17) is 9.47 Å². The second kappa shape index (κ2) is 11.3. The zero-order valence-electron chi connectivity index (χ0n) is 18.4. The molecule has 3 rings (SSSR count). The molecule has 1 aliphatic rings. The van der Waals surface area contributed by atoms with Crippen LogP contribution in [0.1, 0.15) is 35.9 Å². The molecule has 0 amide bonds. The average molecular weight is 411 g/mol. The van der Waals surface area contributed by atoms with E-state index in [0.717, 1.165) is 50.6 Å². The van der Waals surface area contributed by atoms with E-state index in [2.05, 4.69) is 41.0 Å². The molecule has 162 valence electrons. The van der Waals surface area contributed by atoms with Crippen molar-refractivity contribution in [2.24, 2.45) is 5.92 Å². The second-order valence-electron chi connectivity index (χ2n) is 7.95. The number of methoxy groups -OCH3 is 1. The number of carbonyl (C=O) groups is 1. The molecule has 1 saturated heterocycles. The minimum Gasteiger partial charge on any atom is -0.497 e. The number of piperazine rings is 1. The molecule has 0 saturated carbocycles. The third-order valence-electron chi connectivity index (χ3n) is 5.78. The first kappa shape index (κ1) is 22.5. The third-order valence-corrected chi connectivity index (χ3v) is 5.78. The molecule has 0 radical (unpaired) electrons. The van der Waals surface area contributed by atoms with Gasteiger partial charge in [-0.25, -0.2) is 0 Å². The van der Waals surface area contributed by atoms with Gasteiger partial charge in [-0.15, -0.1) is 0 Å². The molecular formula is C25H34N2O3. The van der Waals surface area contributed by atoms with E-state index >= 15 is 0 Å². The van der Waals surface area contributed by atoms with Crippen LogP contribution in [0.15, 0.2) is 54.6 Å². The van der Waals surface area contributed by atoms with Gasteiger partial charge in [0.2, 0.25) is 0 Å². The molecule has 1 heterocycles. The van der Waals surface area contributed by atoms with E-state index < -0.39 is 0 Å². The number of carbonyl (C=O) groups excluding carboxylic acids is 1. The van der Waals surface area contributed by atoms with Crippen LogP contribution in [0, 0.1) is 5.92 Å². The maximum Gasteiger partial charge on any atom is 0.166 e. The molecule has 30 heavy (non-hydrogen) atoms. The van der Waals surface area contributed by atoms with Crippen molar-refractivity contribution in [3.8, 4) is 5.75 Å². The molecular weight excluding hydrogens is 376 g/mol. The van der Waals surface area contributed by atoms with Gasteiger partial charge in [-0.2, -0.15) is 0 Å². The fraction of sp³-hybridized carbons (Fsp3) is 0.480. The van der Waals surface area contributed by atoms with Crippen LogP contribution in [0.4, 0.5) is 0 Å². The van der Waals surface area contributed by atoms with Gasteiger partial charge in [-0.05, 0) is 36.8 Å². The molecule has 1 fully saturated rings. The molecule has 5 heteroatoms. The van der Waals surface area contributed by atoms with Crippen molar-refractivity contribution in [1.82, 2.24) is 9.80 Å². The van der Waals surface area contributed by atoms with Gasteiger partial charge < -0.3 is 14.4 Å². The number of rotatable bonds is 10. The van der Waals surface area contributed by atoms with E-state index in [0.29, 0.717) is 6.61 Å². The first-order valence-electron chi connectivity index (χ1n) is 10.9. The highest BCUT2D eigenvalue weighted by molar-refractivity contribution is 5.97. The second-order valence-corrected chi connectivity index (χ2v) is 7.95. The van der Waals surface area contributed by atoms with Gasteiger partial charge in [0.05, 0.1) is 13.2 Å². The number of hydrogen-bond acceptors (Lipinski definition) is 5. The lowest BCUT2D eigenvalue weighted by Crippen LogP contribution is -2.49. The monoisotopic (exact) mass is 410 g/mol. The number of Topliss-reactive ketones (excluding diaryl/α,β-unsaturated/α-hetero) is 1. The molecule has 0 spiro atoms. The Balaban J connectivity index is 1.48. The molecule has 2 aromatic rings. The highest BCUT2D eigenvalue weighted by Crippen LogP contribution is 2.20. The topological polar surface area (TPSA) is 42.0 Å². The lowest BCUT2D eigenvalue weighted by atomic mass is 9.98. The van der Waals surface area contributed by atoms with Gasteiger partial charge in [-0.3, -0.25) is 9.69 Å². The maximum atomic E-state index is 12.8. The predicted octanol–water partition coefficient (Wildman–Crippen LogP) is 3.91. The largest absolute Gasteiger partial charge is 0.497 e. The van der Waals surface area contributed by atoms with E-state index in [1.807, 2.05) is 37.3 Å². The third kappa shape index (κ3) is 6.14. The Labute approximate surface area is 180 Å². The number of ether oxygens (including phenoxy) is 2. The summed E-state index contributed by atoms with van der Waals surface area (Å²) in [5.74, 6) is 0.946. The molecule has 0 N–H and O–H groups in total. The predicted molar refractivity (Wildman–Crippen MR) is 120 cm³/mol. The Hall–Kier alpha value is -2.21. The Morgan fingerprint density at radius 3 is 2.10 bits per heavy atom. The van der Waals surface area contributed by atoms with E-state index in [1.165, 1.54) is 5.56 Å². The summed E-state index contributed by atoms with van der Waals surface area (Å²) in [4.78, 5) is 17.6. The van der Waals surface area contributed by atoms with Crippen molar-refractivity contribution >= 4 is 5.78 Å². The van der Waals surface area contributed by atoms with Gasteiger partial charge >= 0.3 is 0 Å². The molecule has 0 bridgehead atoms. The first-order chi connectivity index (χ1) is 14.6. The highest BCUT2D eigenvalue weighted by atomic mass is 16.5. The molecule has 2 unspecified atom stereocenters. The quantitative estimate of drug-likeness (QED) is 0.556. The Morgan fingerprint density at radius 2 is 1.53 bits per heavy atom. The van der Waals surface area contributed by atoms with Crippen LogP contribution >= 0.6 is 0 Å². The van der Waals surface area contributed by atoms with Crippen LogP contribution in [-0.2, 0) is 4.74 Å². The number of ketones is 1. The van der Waals surface area contributed by atoms with Crippen molar-refractivity contribution in [2.45, 2.75) is 20.0 Å². The van der Waals surface area contributed by atoms with E-state index in [9.17, 15) is 4.79 Å². The molecule has 2 atom stereocenters. The molecule has 5 nitrogen and oxygen atoms in total. The summed E-state index contributed by atoms with van der Waals surface area (Å²) < 4.78 is 11.2. The highest BCUT2D eigenvalue weighted by Gasteiger charge is 2.24. The number of nitrogens with zero attached hydrogens (tertiary/aromatic N) is 2. The summed E-state index contributed by atoms with van der Waals surface area (Å²) >= 11 is 0. The van der Waals surface area contributed by atoms with E-state index in [-0.39, 0.29) is 17.8 Å². The zero-order valence-corrected chi connectivity index (χ0v) is 18.4. The van der Waals surface area contributed by atoms with Gasteiger partial charge in [0.15, 0.2) is 5.78 Å². The fourth-order valence-electron chi connectivity index (χ4n) is 4.02. The van der Waals surface area contributed by atoms with Crippen LogP contribution in [-0.4, -0.2) is 68.6 Å². The number of hydrogen-bond donors (Lipinski definition) is 0. The normalized spacial score (nSPS) is 17.4. The smallest absolute Gasteiger partial charge is 0.166 e. The van der Waals surface area contributed by atoms with E-state index in [1.54, 1.807) is 7.11 Å². The van der Waals surface area contributed by atoms with Gasteiger partial charge in [-0.1, -0.05) is 37.3 Å². The van der Waals surface area contributed by atoms with Crippen molar-refractivity contribution < 1.29 is 14.3 Å². The number of benzene rings is 2. The van der Waals surface area contributed by atoms with Crippen molar-refractivity contribution in [2.75, 3.05) is 53.0 Å². The van der Waals surface area contributed by atoms with Crippen molar-refractivity contribution in [3.63, 3.8) is 0 Å². The van der Waals surface area contributed by atoms with Crippen LogP contribution in [0.3, 0.4) is 0 Å². The zero-order chi connectivity index (χ0) is 21.3. The summed E-state index contributed by atoms with van der Waals surface area (Å²) in [6.07, 6.45) is 0.110. The van der Waals surface area contributed by atoms with Gasteiger partial charge in [0.25, 0.3) is 0 Å². The maximum absolute atomic E-state index is 12.8. The van der Waals surface area contributed by atoms with Gasteiger partial charge in [0.1, 0.15) is 5.75 Å². The lowest BCUT2D eigenvalue weighted by Gasteiger charge is -2.37. The minimum atomic E-state index is -0.0227. The standard InChI is InChI=1S/C25H34N2O3/c1-4-30-24(21-8-6-5-7-9-21)19-27-16-14-26(15-17-27)18-20(2)25(28)22-10-12-23(29-3)13-11-22/h5-13,20,24H,4,14-19H2,1-3H3. The SMILES string of the molecule is CCOC(CN1CCN(CC(C)C(=O)c2ccc(OC)cc2)CC1)c1ccccc1. The van der Waals surface area contributed by atoms with Crippen molar-refractivity contribution in [1.29, 1.82) is 0 Å². The molecule has 0 aliphatic carbocycles. The molecule has 0 aromatic heterocycles. The summed E-state index contributed by atoms with van der Waals surface area (Å²) in [6.45, 7) is 10.5. The Bertz CT molecular complexity index is 771. The summed E-state index contributed by atoms with van der Waals surface area (Å²) in [5.41, 5.74) is 1.99. The molecule has 2 aromatic carbocycles. The van der Waals surface area contributed by atoms with Crippen LogP contribution < -0.4 is 4.74 Å². The summed E-state index contributed by atoms with van der Waals surface area (Å²) in [7, 11) is 1.63. The lowest BCUT2D eigenvalue weighted by molar-refractivity contribution is 0.0170. The Morgan fingerprint density at radius 1 is 0.933 bits per heavy atom. The summed E-state index contributed by atoms with van der Waals surface area (Å²) in [6, 6.07) is 17.9. The van der Waals surface area contributed by atoms with Crippen LogP contribution in [0.2, 0.25) is 0 Å². The van der Waals surface area contributed by atoms with Crippen LogP contribution in [0.5, 0.6) is 5.75 Å².